The highest BCUT2D eigenvalue weighted by Crippen LogP contribution is 2.39. The SMILES string of the molecule is CC(=O)OCC1OC(c2ccc(Cl)c(Cc3ccc(-c4ccc(F)nc4)s3)c2)C(OC(C)=O)C(OC(C)=O)[C@@H]1OC(C)=O. The molecule has 5 atom stereocenters. The molecule has 0 saturated carbocycles. The number of carbonyl (C=O) groups excluding carboxylic acids is 4. The fourth-order valence-corrected chi connectivity index (χ4v) is 5.95. The average Bonchev–Trinajstić information content (AvgIpc) is 3.39. The molecule has 13 heteroatoms. The zero-order valence-corrected chi connectivity index (χ0v) is 25.3. The second-order valence-corrected chi connectivity index (χ2v) is 11.4. The number of thiophene rings is 1. The van der Waals surface area contributed by atoms with Crippen LogP contribution in [0.1, 0.15) is 49.8 Å². The minimum atomic E-state index is -1.28. The molecule has 0 amide bonds. The van der Waals surface area contributed by atoms with Gasteiger partial charge in [0.05, 0.1) is 0 Å². The Balaban J connectivity index is 1.70. The second-order valence-electron chi connectivity index (χ2n) is 9.78. The Hall–Kier alpha value is -3.87. The van der Waals surface area contributed by atoms with E-state index in [0.29, 0.717) is 17.0 Å². The van der Waals surface area contributed by atoms with E-state index in [2.05, 4.69) is 4.98 Å². The zero-order chi connectivity index (χ0) is 31.3. The third-order valence-corrected chi connectivity index (χ3v) is 7.93. The lowest BCUT2D eigenvalue weighted by Crippen LogP contribution is -2.59. The second kappa shape index (κ2) is 14.1. The summed E-state index contributed by atoms with van der Waals surface area (Å²) < 4.78 is 41.3. The van der Waals surface area contributed by atoms with Crippen LogP contribution in [-0.4, -0.2) is 59.9 Å². The number of rotatable bonds is 9. The van der Waals surface area contributed by atoms with Crippen LogP contribution >= 0.6 is 22.9 Å². The van der Waals surface area contributed by atoms with Crippen LogP contribution in [0.5, 0.6) is 0 Å². The molecule has 1 aromatic carbocycles. The predicted octanol–water partition coefficient (Wildman–Crippen LogP) is 4.99. The zero-order valence-electron chi connectivity index (χ0n) is 23.7. The van der Waals surface area contributed by atoms with Gasteiger partial charge in [-0.1, -0.05) is 23.7 Å². The molecule has 1 aliphatic heterocycles. The molecule has 0 bridgehead atoms. The number of nitrogens with zero attached hydrogens (tertiary/aromatic N) is 1. The summed E-state index contributed by atoms with van der Waals surface area (Å²) in [6.45, 7) is 4.39. The normalized spacial score (nSPS) is 21.5. The minimum Gasteiger partial charge on any atom is -0.463 e. The molecule has 4 rings (SSSR count). The van der Waals surface area contributed by atoms with E-state index in [1.165, 1.54) is 44.4 Å². The number of pyridine rings is 1. The first-order valence-electron chi connectivity index (χ1n) is 13.2. The fraction of sp³-hybridized carbons (Fsp3) is 0.367. The van der Waals surface area contributed by atoms with Crippen LogP contribution in [0.25, 0.3) is 10.4 Å². The number of benzene rings is 1. The van der Waals surface area contributed by atoms with E-state index >= 15 is 0 Å². The monoisotopic (exact) mass is 633 g/mol. The Morgan fingerprint density at radius 3 is 2.19 bits per heavy atom. The van der Waals surface area contributed by atoms with Gasteiger partial charge in [0.25, 0.3) is 0 Å². The van der Waals surface area contributed by atoms with Crippen molar-refractivity contribution in [3.05, 3.63) is 75.6 Å². The van der Waals surface area contributed by atoms with Gasteiger partial charge in [0.15, 0.2) is 18.3 Å². The van der Waals surface area contributed by atoms with Crippen molar-refractivity contribution in [1.29, 1.82) is 0 Å². The molecule has 10 nitrogen and oxygen atoms in total. The standard InChI is InChI=1S/C30H29ClFNO9S/c1-15(34)38-14-24-28(39-16(2)35)30(41-18(4)37)29(40-17(3)36)27(42-24)19-5-8-23(31)21(11-19)12-22-7-9-25(43-22)20-6-10-26(32)33-13-20/h5-11,13,24,27-30H,12,14H2,1-4H3/t24?,27?,28-,29?,30?/m1/s1. The molecular formula is C30H29ClFNO9S. The lowest BCUT2D eigenvalue weighted by molar-refractivity contribution is -0.254. The number of hydrogen-bond acceptors (Lipinski definition) is 11. The summed E-state index contributed by atoms with van der Waals surface area (Å²) >= 11 is 8.07. The van der Waals surface area contributed by atoms with Gasteiger partial charge >= 0.3 is 23.9 Å². The van der Waals surface area contributed by atoms with Gasteiger partial charge in [-0.3, -0.25) is 19.2 Å². The van der Waals surface area contributed by atoms with Gasteiger partial charge in [0.2, 0.25) is 5.95 Å². The van der Waals surface area contributed by atoms with Crippen LogP contribution < -0.4 is 0 Å². The van der Waals surface area contributed by atoms with Gasteiger partial charge in [0, 0.05) is 60.7 Å². The first kappa shape index (κ1) is 32.1. The van der Waals surface area contributed by atoms with Crippen LogP contribution in [0.2, 0.25) is 5.02 Å². The first-order chi connectivity index (χ1) is 20.4. The molecule has 0 aliphatic carbocycles. The Morgan fingerprint density at radius 1 is 0.884 bits per heavy atom. The van der Waals surface area contributed by atoms with Crippen molar-refractivity contribution in [1.82, 2.24) is 4.98 Å². The van der Waals surface area contributed by atoms with Crippen molar-refractivity contribution in [3.8, 4) is 10.4 Å². The number of carbonyl (C=O) groups is 4. The van der Waals surface area contributed by atoms with Gasteiger partial charge in [-0.2, -0.15) is 4.39 Å². The molecule has 3 heterocycles. The van der Waals surface area contributed by atoms with Crippen molar-refractivity contribution in [3.63, 3.8) is 0 Å². The fourth-order valence-electron chi connectivity index (χ4n) is 4.74. The number of hydrogen-bond donors (Lipinski definition) is 0. The Bertz CT molecular complexity index is 1490. The number of aromatic nitrogens is 1. The van der Waals surface area contributed by atoms with E-state index in [-0.39, 0.29) is 6.61 Å². The highest BCUT2D eigenvalue weighted by molar-refractivity contribution is 7.15. The quantitative estimate of drug-likeness (QED) is 0.181. The van der Waals surface area contributed by atoms with Crippen LogP contribution in [0, 0.1) is 5.95 Å². The van der Waals surface area contributed by atoms with E-state index < -0.39 is 60.3 Å². The molecule has 0 N–H and O–H groups in total. The van der Waals surface area contributed by atoms with Crippen molar-refractivity contribution in [2.45, 2.75) is 64.6 Å². The minimum absolute atomic E-state index is 0.328. The first-order valence-corrected chi connectivity index (χ1v) is 14.4. The van der Waals surface area contributed by atoms with Crippen molar-refractivity contribution in [2.24, 2.45) is 0 Å². The molecular weight excluding hydrogens is 605 g/mol. The maximum atomic E-state index is 13.3. The van der Waals surface area contributed by atoms with E-state index in [1.54, 1.807) is 24.3 Å². The van der Waals surface area contributed by atoms with Gasteiger partial charge in [-0.15, -0.1) is 11.3 Å². The lowest BCUT2D eigenvalue weighted by atomic mass is 9.89. The van der Waals surface area contributed by atoms with Crippen molar-refractivity contribution < 1.29 is 47.3 Å². The Labute approximate surface area is 256 Å². The summed E-state index contributed by atoms with van der Waals surface area (Å²) in [5.74, 6) is -3.28. The average molecular weight is 634 g/mol. The summed E-state index contributed by atoms with van der Waals surface area (Å²) in [5.41, 5.74) is 2.02. The third kappa shape index (κ3) is 8.37. The van der Waals surface area contributed by atoms with E-state index in [4.69, 9.17) is 35.3 Å². The Morgan fingerprint density at radius 2 is 1.56 bits per heavy atom. The van der Waals surface area contributed by atoms with Gasteiger partial charge in [-0.25, -0.2) is 4.98 Å². The molecule has 1 fully saturated rings. The van der Waals surface area contributed by atoms with Crippen molar-refractivity contribution >= 4 is 46.8 Å². The highest BCUT2D eigenvalue weighted by atomic mass is 35.5. The number of ether oxygens (including phenoxy) is 5. The van der Waals surface area contributed by atoms with Crippen molar-refractivity contribution in [2.75, 3.05) is 6.61 Å². The third-order valence-electron chi connectivity index (χ3n) is 6.43. The van der Waals surface area contributed by atoms with Crippen LogP contribution in [0.3, 0.4) is 0 Å². The van der Waals surface area contributed by atoms with Crippen LogP contribution in [0.15, 0.2) is 48.7 Å². The molecule has 43 heavy (non-hydrogen) atoms. The number of halogens is 2. The highest BCUT2D eigenvalue weighted by Gasteiger charge is 2.52. The molecule has 3 aromatic rings. The van der Waals surface area contributed by atoms with E-state index in [0.717, 1.165) is 27.8 Å². The summed E-state index contributed by atoms with van der Waals surface area (Å²) in [7, 11) is 0. The van der Waals surface area contributed by atoms with Crippen LogP contribution in [-0.2, 0) is 49.3 Å². The molecule has 0 radical (unpaired) electrons. The van der Waals surface area contributed by atoms with Gasteiger partial charge < -0.3 is 23.7 Å². The molecule has 1 aliphatic rings. The van der Waals surface area contributed by atoms with E-state index in [1.807, 2.05) is 12.1 Å². The molecule has 2 aromatic heterocycles. The predicted molar refractivity (Wildman–Crippen MR) is 153 cm³/mol. The topological polar surface area (TPSA) is 127 Å². The molecule has 0 spiro atoms. The molecule has 1 saturated heterocycles. The van der Waals surface area contributed by atoms with Gasteiger partial charge in [0.1, 0.15) is 18.8 Å². The lowest BCUT2D eigenvalue weighted by Gasteiger charge is -2.44. The van der Waals surface area contributed by atoms with Gasteiger partial charge in [-0.05, 0) is 41.5 Å². The molecule has 228 valence electrons. The maximum Gasteiger partial charge on any atom is 0.303 e. The Kier molecular flexibility index (Phi) is 10.5. The summed E-state index contributed by atoms with van der Waals surface area (Å²) in [5, 5.41) is 0.466. The summed E-state index contributed by atoms with van der Waals surface area (Å²) in [6.07, 6.45) is -3.97. The molecule has 4 unspecified atom stereocenters. The largest absolute Gasteiger partial charge is 0.463 e. The smallest absolute Gasteiger partial charge is 0.303 e. The maximum absolute atomic E-state index is 13.3. The van der Waals surface area contributed by atoms with E-state index in [9.17, 15) is 23.6 Å². The summed E-state index contributed by atoms with van der Waals surface area (Å²) in [4.78, 5) is 53.5. The summed E-state index contributed by atoms with van der Waals surface area (Å²) in [6, 6.07) is 11.9. The van der Waals surface area contributed by atoms with Crippen LogP contribution in [0.4, 0.5) is 4.39 Å². The number of esters is 4.